The van der Waals surface area contributed by atoms with Crippen LogP contribution in [0.15, 0.2) is 12.4 Å². The average molecular weight is 266 g/mol. The number of hydrazine groups is 1. The molecule has 3 atom stereocenters. The maximum atomic E-state index is 5.77. The maximum absolute atomic E-state index is 5.77. The van der Waals surface area contributed by atoms with Crippen molar-refractivity contribution >= 4 is 0 Å². The predicted octanol–water partition coefficient (Wildman–Crippen LogP) is 1.48. The van der Waals surface area contributed by atoms with Gasteiger partial charge in [-0.05, 0) is 19.3 Å². The molecule has 2 heterocycles. The van der Waals surface area contributed by atoms with Crippen LogP contribution in [0.3, 0.4) is 0 Å². The Morgan fingerprint density at radius 1 is 1.58 bits per heavy atom. The van der Waals surface area contributed by atoms with Crippen LogP contribution in [0.25, 0.3) is 0 Å². The summed E-state index contributed by atoms with van der Waals surface area (Å²) in [4.78, 5) is 4.47. The standard InChI is InChI=1S/C14H26N4O/c1-3-7-18-8-6-16-14(18)10-12(17-15)11-5-9-19-13(11)4-2/h6,8,11-13,17H,3-5,7,9-10,15H2,1-2H3. The summed E-state index contributed by atoms with van der Waals surface area (Å²) in [5.41, 5.74) is 2.98. The van der Waals surface area contributed by atoms with Crippen molar-refractivity contribution in [1.29, 1.82) is 0 Å². The van der Waals surface area contributed by atoms with Gasteiger partial charge in [-0.1, -0.05) is 13.8 Å². The molecule has 0 amide bonds. The summed E-state index contributed by atoms with van der Waals surface area (Å²) in [6.07, 6.45) is 8.38. The SMILES string of the molecule is CCCn1ccnc1CC(NN)C1CCOC1CC. The van der Waals surface area contributed by atoms with Gasteiger partial charge in [0.05, 0.1) is 6.10 Å². The monoisotopic (exact) mass is 266 g/mol. The fourth-order valence-electron chi connectivity index (χ4n) is 3.05. The lowest BCUT2D eigenvalue weighted by atomic mass is 9.89. The first kappa shape index (κ1) is 14.5. The van der Waals surface area contributed by atoms with Gasteiger partial charge in [0.25, 0.3) is 0 Å². The number of hydrogen-bond acceptors (Lipinski definition) is 4. The first-order valence-corrected chi connectivity index (χ1v) is 7.37. The van der Waals surface area contributed by atoms with Crippen molar-refractivity contribution in [1.82, 2.24) is 15.0 Å². The Balaban J connectivity index is 2.03. The van der Waals surface area contributed by atoms with Crippen LogP contribution in [0.1, 0.15) is 38.9 Å². The second-order valence-corrected chi connectivity index (χ2v) is 5.28. The highest BCUT2D eigenvalue weighted by Gasteiger charge is 2.33. The zero-order chi connectivity index (χ0) is 13.7. The first-order valence-electron chi connectivity index (χ1n) is 7.37. The van der Waals surface area contributed by atoms with Crippen molar-refractivity contribution in [2.45, 2.75) is 58.2 Å². The third kappa shape index (κ3) is 3.35. The summed E-state index contributed by atoms with van der Waals surface area (Å²) in [6.45, 7) is 6.23. The molecule has 5 nitrogen and oxygen atoms in total. The maximum Gasteiger partial charge on any atom is 0.110 e. The minimum Gasteiger partial charge on any atom is -0.378 e. The molecule has 1 aliphatic heterocycles. The summed E-state index contributed by atoms with van der Waals surface area (Å²) in [5.74, 6) is 7.37. The molecule has 1 fully saturated rings. The molecule has 0 saturated carbocycles. The number of aryl methyl sites for hydroxylation is 1. The molecule has 1 aromatic heterocycles. The Morgan fingerprint density at radius 2 is 2.42 bits per heavy atom. The summed E-state index contributed by atoms with van der Waals surface area (Å²) in [5, 5.41) is 0. The Hall–Kier alpha value is -0.910. The van der Waals surface area contributed by atoms with Crippen LogP contribution in [-0.4, -0.2) is 28.3 Å². The number of nitrogens with two attached hydrogens (primary N) is 1. The number of ether oxygens (including phenoxy) is 1. The van der Waals surface area contributed by atoms with Crippen LogP contribution in [0, 0.1) is 5.92 Å². The molecule has 3 N–H and O–H groups in total. The van der Waals surface area contributed by atoms with E-state index in [0.717, 1.165) is 44.7 Å². The fraction of sp³-hybridized carbons (Fsp3) is 0.786. The lowest BCUT2D eigenvalue weighted by Crippen LogP contribution is -2.45. The van der Waals surface area contributed by atoms with E-state index < -0.39 is 0 Å². The number of nitrogens with one attached hydrogen (secondary N) is 1. The van der Waals surface area contributed by atoms with Gasteiger partial charge >= 0.3 is 0 Å². The third-order valence-electron chi connectivity index (χ3n) is 4.06. The summed E-state index contributed by atoms with van der Waals surface area (Å²) < 4.78 is 8.00. The van der Waals surface area contributed by atoms with Gasteiger partial charge in [0.15, 0.2) is 0 Å². The van der Waals surface area contributed by atoms with Gasteiger partial charge in [0.1, 0.15) is 5.82 Å². The molecule has 0 spiro atoms. The number of rotatable bonds is 7. The van der Waals surface area contributed by atoms with Crippen molar-refractivity contribution in [2.75, 3.05) is 6.61 Å². The molecule has 0 aromatic carbocycles. The Labute approximate surface area is 115 Å². The highest BCUT2D eigenvalue weighted by atomic mass is 16.5. The molecule has 1 aromatic rings. The third-order valence-corrected chi connectivity index (χ3v) is 4.06. The van der Waals surface area contributed by atoms with Crippen molar-refractivity contribution in [3.05, 3.63) is 18.2 Å². The van der Waals surface area contributed by atoms with Crippen molar-refractivity contribution in [2.24, 2.45) is 11.8 Å². The van der Waals surface area contributed by atoms with Gasteiger partial charge in [-0.25, -0.2) is 4.98 Å². The van der Waals surface area contributed by atoms with Gasteiger partial charge in [0.2, 0.25) is 0 Å². The van der Waals surface area contributed by atoms with E-state index in [2.05, 4.69) is 35.0 Å². The van der Waals surface area contributed by atoms with Crippen molar-refractivity contribution < 1.29 is 4.74 Å². The van der Waals surface area contributed by atoms with E-state index in [9.17, 15) is 0 Å². The average Bonchev–Trinajstić information content (AvgIpc) is 3.05. The molecule has 3 unspecified atom stereocenters. The smallest absolute Gasteiger partial charge is 0.110 e. The topological polar surface area (TPSA) is 65.1 Å². The van der Waals surface area contributed by atoms with Crippen molar-refractivity contribution in [3.8, 4) is 0 Å². The predicted molar refractivity (Wildman–Crippen MR) is 75.5 cm³/mol. The minimum atomic E-state index is 0.241. The lowest BCUT2D eigenvalue weighted by Gasteiger charge is -2.26. The van der Waals surface area contributed by atoms with Gasteiger partial charge in [0, 0.05) is 43.9 Å². The summed E-state index contributed by atoms with van der Waals surface area (Å²) >= 11 is 0. The van der Waals surface area contributed by atoms with Gasteiger partial charge in [-0.3, -0.25) is 11.3 Å². The highest BCUT2D eigenvalue weighted by Crippen LogP contribution is 2.27. The largest absolute Gasteiger partial charge is 0.378 e. The molecule has 0 radical (unpaired) electrons. The molecule has 2 rings (SSSR count). The van der Waals surface area contributed by atoms with E-state index in [1.807, 2.05) is 6.20 Å². The molecular weight excluding hydrogens is 240 g/mol. The Kier molecular flexibility index (Phi) is 5.36. The van der Waals surface area contributed by atoms with Crippen LogP contribution in [0.4, 0.5) is 0 Å². The second-order valence-electron chi connectivity index (χ2n) is 5.28. The zero-order valence-electron chi connectivity index (χ0n) is 12.0. The molecule has 0 bridgehead atoms. The number of aromatic nitrogens is 2. The quantitative estimate of drug-likeness (QED) is 0.579. The van der Waals surface area contributed by atoms with E-state index in [1.54, 1.807) is 0 Å². The van der Waals surface area contributed by atoms with Crippen molar-refractivity contribution in [3.63, 3.8) is 0 Å². The van der Waals surface area contributed by atoms with Crippen LogP contribution in [0.2, 0.25) is 0 Å². The molecule has 19 heavy (non-hydrogen) atoms. The van der Waals surface area contributed by atoms with E-state index >= 15 is 0 Å². The molecule has 108 valence electrons. The summed E-state index contributed by atoms with van der Waals surface area (Å²) in [7, 11) is 0. The normalized spacial score (nSPS) is 24.8. The Bertz CT molecular complexity index is 379. The van der Waals surface area contributed by atoms with Gasteiger partial charge in [-0.15, -0.1) is 0 Å². The number of hydrogen-bond donors (Lipinski definition) is 2. The highest BCUT2D eigenvalue weighted by molar-refractivity contribution is 4.98. The van der Waals surface area contributed by atoms with E-state index in [-0.39, 0.29) is 6.04 Å². The molecule has 1 aliphatic rings. The van der Waals surface area contributed by atoms with Gasteiger partial charge in [-0.2, -0.15) is 0 Å². The van der Waals surface area contributed by atoms with E-state index in [0.29, 0.717) is 12.0 Å². The first-order chi connectivity index (χ1) is 9.30. The van der Waals surface area contributed by atoms with Gasteiger partial charge < -0.3 is 9.30 Å². The Morgan fingerprint density at radius 3 is 3.11 bits per heavy atom. The molecule has 1 saturated heterocycles. The van der Waals surface area contributed by atoms with Crippen LogP contribution < -0.4 is 11.3 Å². The van der Waals surface area contributed by atoms with Crippen LogP contribution in [-0.2, 0) is 17.7 Å². The van der Waals surface area contributed by atoms with E-state index in [1.165, 1.54) is 0 Å². The zero-order valence-corrected chi connectivity index (χ0v) is 12.0. The van der Waals surface area contributed by atoms with Crippen LogP contribution >= 0.6 is 0 Å². The fourth-order valence-corrected chi connectivity index (χ4v) is 3.05. The number of nitrogens with zero attached hydrogens (tertiary/aromatic N) is 2. The molecular formula is C14H26N4O. The summed E-state index contributed by atoms with van der Waals surface area (Å²) in [6, 6.07) is 0.241. The van der Waals surface area contributed by atoms with Crippen LogP contribution in [0.5, 0.6) is 0 Å². The minimum absolute atomic E-state index is 0.241. The molecule has 5 heteroatoms. The number of imidazole rings is 1. The van der Waals surface area contributed by atoms with E-state index in [4.69, 9.17) is 10.6 Å². The lowest BCUT2D eigenvalue weighted by molar-refractivity contribution is 0.0771. The second kappa shape index (κ2) is 7.03. The molecule has 0 aliphatic carbocycles.